The minimum atomic E-state index is -0.627. The van der Waals surface area contributed by atoms with E-state index < -0.39 is 6.04 Å². The maximum absolute atomic E-state index is 14.3. The first-order chi connectivity index (χ1) is 12.5. The highest BCUT2D eigenvalue weighted by Crippen LogP contribution is 2.32. The average molecular weight is 363 g/mol. The highest BCUT2D eigenvalue weighted by Gasteiger charge is 2.39. The lowest BCUT2D eigenvalue weighted by atomic mass is 9.94. The number of carbonyl (C=O) groups excluding carboxylic acids is 1. The molecule has 1 amide bonds. The first-order valence-corrected chi connectivity index (χ1v) is 9.54. The van der Waals surface area contributed by atoms with Crippen LogP contribution < -0.4 is 5.32 Å². The first-order valence-electron chi connectivity index (χ1n) is 9.54. The summed E-state index contributed by atoms with van der Waals surface area (Å²) >= 11 is 0. The van der Waals surface area contributed by atoms with E-state index in [2.05, 4.69) is 10.2 Å². The Labute approximate surface area is 155 Å². The van der Waals surface area contributed by atoms with Crippen molar-refractivity contribution in [2.45, 2.75) is 37.3 Å². The van der Waals surface area contributed by atoms with E-state index in [9.17, 15) is 9.18 Å². The van der Waals surface area contributed by atoms with Crippen molar-refractivity contribution >= 4 is 5.91 Å². The monoisotopic (exact) mass is 363 g/mol. The topological polar surface area (TPSA) is 44.8 Å². The number of carbonyl (C=O) groups is 1. The molecule has 5 nitrogen and oxygen atoms in total. The van der Waals surface area contributed by atoms with E-state index in [1.54, 1.807) is 23.1 Å². The third-order valence-corrected chi connectivity index (χ3v) is 5.54. The lowest BCUT2D eigenvalue weighted by Gasteiger charge is -2.39. The van der Waals surface area contributed by atoms with Crippen LogP contribution >= 0.6 is 0 Å². The zero-order chi connectivity index (χ0) is 18.6. The second-order valence-electron chi connectivity index (χ2n) is 7.75. The lowest BCUT2D eigenvalue weighted by molar-refractivity contribution is -0.128. The molecule has 1 saturated heterocycles. The maximum atomic E-state index is 14.3. The minimum absolute atomic E-state index is 0.116. The number of amides is 1. The third kappa shape index (κ3) is 4.42. The van der Waals surface area contributed by atoms with Crippen LogP contribution in [0, 0.1) is 5.82 Å². The van der Waals surface area contributed by atoms with Crippen LogP contribution in [0.4, 0.5) is 4.39 Å². The van der Waals surface area contributed by atoms with Crippen LogP contribution in [0.3, 0.4) is 0 Å². The zero-order valence-corrected chi connectivity index (χ0v) is 15.8. The van der Waals surface area contributed by atoms with Gasteiger partial charge in [-0.25, -0.2) is 4.39 Å². The molecule has 2 fully saturated rings. The van der Waals surface area contributed by atoms with Crippen molar-refractivity contribution in [1.82, 2.24) is 15.1 Å². The highest BCUT2D eigenvalue weighted by molar-refractivity contribution is 5.84. The quantitative estimate of drug-likeness (QED) is 0.842. The molecule has 1 aliphatic carbocycles. The number of morpholine rings is 1. The molecule has 2 aliphatic rings. The van der Waals surface area contributed by atoms with Crippen LogP contribution in [0.5, 0.6) is 0 Å². The number of nitrogens with one attached hydrogen (secondary N) is 1. The fourth-order valence-corrected chi connectivity index (χ4v) is 4.24. The summed E-state index contributed by atoms with van der Waals surface area (Å²) in [5.41, 5.74) is 0.211. The predicted molar refractivity (Wildman–Crippen MR) is 99.4 cm³/mol. The molecule has 1 saturated carbocycles. The normalized spacial score (nSPS) is 21.7. The molecular weight excluding hydrogens is 333 g/mol. The largest absolute Gasteiger partial charge is 0.379 e. The van der Waals surface area contributed by atoms with Gasteiger partial charge in [-0.1, -0.05) is 31.0 Å². The van der Waals surface area contributed by atoms with E-state index in [-0.39, 0.29) is 17.3 Å². The van der Waals surface area contributed by atoms with Gasteiger partial charge < -0.3 is 10.1 Å². The second kappa shape index (κ2) is 8.46. The van der Waals surface area contributed by atoms with Crippen LogP contribution in [0.25, 0.3) is 0 Å². The van der Waals surface area contributed by atoms with Crippen LogP contribution in [0.15, 0.2) is 24.3 Å². The van der Waals surface area contributed by atoms with E-state index in [0.29, 0.717) is 5.56 Å². The van der Waals surface area contributed by atoms with Crippen molar-refractivity contribution in [1.29, 1.82) is 0 Å². The summed E-state index contributed by atoms with van der Waals surface area (Å²) in [6.07, 6.45) is 4.20. The standard InChI is InChI=1S/C20H30FN3O2/c1-23(2)18(16-7-3-4-8-17(16)21)19(25)22-20(9-5-6-10-20)15-24-11-13-26-14-12-24/h3-4,7-8,18H,5-6,9-15H2,1-2H3,(H,22,25)/t18-/m1/s1. The smallest absolute Gasteiger partial charge is 0.242 e. The summed E-state index contributed by atoms with van der Waals surface area (Å²) in [4.78, 5) is 17.3. The van der Waals surface area contributed by atoms with Crippen molar-refractivity contribution in [3.8, 4) is 0 Å². The Morgan fingerprint density at radius 2 is 1.92 bits per heavy atom. The molecule has 1 aromatic rings. The van der Waals surface area contributed by atoms with E-state index in [0.717, 1.165) is 58.5 Å². The third-order valence-electron chi connectivity index (χ3n) is 5.54. The van der Waals surface area contributed by atoms with Gasteiger partial charge in [0.25, 0.3) is 0 Å². The average Bonchev–Trinajstić information content (AvgIpc) is 3.05. The Morgan fingerprint density at radius 1 is 1.27 bits per heavy atom. The maximum Gasteiger partial charge on any atom is 0.242 e. The number of hydrogen-bond donors (Lipinski definition) is 1. The van der Waals surface area contributed by atoms with Crippen molar-refractivity contribution in [3.05, 3.63) is 35.6 Å². The van der Waals surface area contributed by atoms with Gasteiger partial charge >= 0.3 is 0 Å². The van der Waals surface area contributed by atoms with Gasteiger partial charge in [-0.2, -0.15) is 0 Å². The van der Waals surface area contributed by atoms with Crippen molar-refractivity contribution in [3.63, 3.8) is 0 Å². The van der Waals surface area contributed by atoms with Crippen molar-refractivity contribution in [2.24, 2.45) is 0 Å². The summed E-state index contributed by atoms with van der Waals surface area (Å²) in [6.45, 7) is 4.16. The number of nitrogens with zero attached hydrogens (tertiary/aromatic N) is 2. The van der Waals surface area contributed by atoms with Gasteiger partial charge in [0.15, 0.2) is 0 Å². The van der Waals surface area contributed by atoms with E-state index in [1.165, 1.54) is 6.07 Å². The molecule has 1 N–H and O–H groups in total. The Morgan fingerprint density at radius 3 is 2.54 bits per heavy atom. The van der Waals surface area contributed by atoms with Crippen molar-refractivity contribution in [2.75, 3.05) is 46.9 Å². The number of benzene rings is 1. The van der Waals surface area contributed by atoms with Gasteiger partial charge in [0, 0.05) is 25.2 Å². The summed E-state index contributed by atoms with van der Waals surface area (Å²) in [5.74, 6) is -0.453. The number of rotatable bonds is 6. The molecule has 1 heterocycles. The number of ether oxygens (including phenoxy) is 1. The Bertz CT molecular complexity index is 611. The molecule has 0 unspecified atom stereocenters. The van der Waals surface area contributed by atoms with Crippen molar-refractivity contribution < 1.29 is 13.9 Å². The van der Waals surface area contributed by atoms with E-state index in [4.69, 9.17) is 4.74 Å². The molecule has 0 radical (unpaired) electrons. The molecule has 0 spiro atoms. The molecule has 0 aromatic heterocycles. The number of hydrogen-bond acceptors (Lipinski definition) is 4. The summed E-state index contributed by atoms with van der Waals surface area (Å²) in [5, 5.41) is 3.32. The summed E-state index contributed by atoms with van der Waals surface area (Å²) in [6, 6.07) is 5.92. The molecule has 3 rings (SSSR count). The summed E-state index contributed by atoms with van der Waals surface area (Å²) in [7, 11) is 3.64. The molecule has 1 aromatic carbocycles. The van der Waals surface area contributed by atoms with Gasteiger partial charge in [-0.05, 0) is 33.0 Å². The van der Waals surface area contributed by atoms with E-state index >= 15 is 0 Å². The molecule has 26 heavy (non-hydrogen) atoms. The number of halogens is 1. The van der Waals surface area contributed by atoms with Gasteiger partial charge in [0.2, 0.25) is 5.91 Å². The van der Waals surface area contributed by atoms with Gasteiger partial charge in [0.1, 0.15) is 11.9 Å². The van der Waals surface area contributed by atoms with Crippen LogP contribution in [0.1, 0.15) is 37.3 Å². The van der Waals surface area contributed by atoms with Gasteiger partial charge in [0.05, 0.1) is 18.8 Å². The fourth-order valence-electron chi connectivity index (χ4n) is 4.24. The summed E-state index contributed by atoms with van der Waals surface area (Å²) < 4.78 is 19.8. The Hall–Kier alpha value is -1.50. The SMILES string of the molecule is CN(C)[C@@H](C(=O)NC1(CN2CCOCC2)CCCC1)c1ccccc1F. The first kappa shape index (κ1) is 19.3. The zero-order valence-electron chi connectivity index (χ0n) is 15.8. The van der Waals surface area contributed by atoms with Gasteiger partial charge in [-0.15, -0.1) is 0 Å². The number of likely N-dealkylation sites (N-methyl/N-ethyl adjacent to an activating group) is 1. The predicted octanol–water partition coefficient (Wildman–Crippen LogP) is 2.19. The minimum Gasteiger partial charge on any atom is -0.379 e. The molecule has 1 aliphatic heterocycles. The van der Waals surface area contributed by atoms with Gasteiger partial charge in [-0.3, -0.25) is 14.6 Å². The van der Waals surface area contributed by atoms with E-state index in [1.807, 2.05) is 14.1 Å². The van der Waals surface area contributed by atoms with Crippen LogP contribution in [-0.4, -0.2) is 68.2 Å². The highest BCUT2D eigenvalue weighted by atomic mass is 19.1. The second-order valence-corrected chi connectivity index (χ2v) is 7.75. The fraction of sp³-hybridized carbons (Fsp3) is 0.650. The Kier molecular flexibility index (Phi) is 6.27. The molecular formula is C20H30FN3O2. The molecule has 0 bridgehead atoms. The molecule has 1 atom stereocenters. The molecule has 144 valence electrons. The molecule has 6 heteroatoms. The Balaban J connectivity index is 1.76. The lowest BCUT2D eigenvalue weighted by Crippen LogP contribution is -2.57. The van der Waals surface area contributed by atoms with Crippen LogP contribution in [-0.2, 0) is 9.53 Å². The van der Waals surface area contributed by atoms with Crippen LogP contribution in [0.2, 0.25) is 0 Å².